The van der Waals surface area contributed by atoms with E-state index < -0.39 is 21.2 Å². The van der Waals surface area contributed by atoms with Gasteiger partial charge in [-0.1, -0.05) is 24.6 Å². The summed E-state index contributed by atoms with van der Waals surface area (Å²) in [7, 11) is -3.46. The number of aryl methyl sites for hydroxylation is 1. The van der Waals surface area contributed by atoms with Crippen LogP contribution in [-0.2, 0) is 14.6 Å². The second-order valence-electron chi connectivity index (χ2n) is 5.90. The molecular weight excluding hydrogens is 328 g/mol. The zero-order chi connectivity index (χ0) is 17.7. The van der Waals surface area contributed by atoms with Crippen molar-refractivity contribution in [3.8, 4) is 0 Å². The van der Waals surface area contributed by atoms with Crippen molar-refractivity contribution in [1.82, 2.24) is 0 Å². The van der Waals surface area contributed by atoms with Crippen LogP contribution in [0.4, 0.5) is 0 Å². The van der Waals surface area contributed by atoms with Crippen molar-refractivity contribution in [2.24, 2.45) is 10.2 Å². The van der Waals surface area contributed by atoms with Crippen LogP contribution in [0.2, 0.25) is 0 Å². The van der Waals surface area contributed by atoms with Crippen LogP contribution in [-0.4, -0.2) is 43.8 Å². The van der Waals surface area contributed by atoms with E-state index in [2.05, 4.69) is 10.2 Å². The van der Waals surface area contributed by atoms with E-state index in [1.165, 1.54) is 6.08 Å². The summed E-state index contributed by atoms with van der Waals surface area (Å²) in [6.07, 6.45) is 1.25. The molecule has 1 aliphatic rings. The summed E-state index contributed by atoms with van der Waals surface area (Å²) in [5.74, 6) is -0.138. The predicted molar refractivity (Wildman–Crippen MR) is 90.7 cm³/mol. The lowest BCUT2D eigenvalue weighted by molar-refractivity contribution is -0.115. The van der Waals surface area contributed by atoms with E-state index in [9.17, 15) is 18.3 Å². The Morgan fingerprint density at radius 1 is 1.25 bits per heavy atom. The van der Waals surface area contributed by atoms with E-state index in [0.717, 1.165) is 5.56 Å². The number of ketones is 1. The zero-order valence-electron chi connectivity index (χ0n) is 13.8. The number of Topliss-reactive ketones (excluding diaryl/α,β-unsaturated/α-hetero) is 1. The molecule has 0 aromatic heterocycles. The molecule has 0 fully saturated rings. The summed E-state index contributed by atoms with van der Waals surface area (Å²) in [6, 6.07) is 6.75. The first-order valence-electron chi connectivity index (χ1n) is 7.90. The Morgan fingerprint density at radius 2 is 1.92 bits per heavy atom. The van der Waals surface area contributed by atoms with Gasteiger partial charge in [0.15, 0.2) is 15.6 Å². The monoisotopic (exact) mass is 350 g/mol. The van der Waals surface area contributed by atoms with E-state index in [-0.39, 0.29) is 30.2 Å². The number of rotatable bonds is 7. The molecule has 1 aliphatic carbocycles. The fourth-order valence-corrected chi connectivity index (χ4v) is 4.09. The van der Waals surface area contributed by atoms with E-state index in [4.69, 9.17) is 0 Å². The van der Waals surface area contributed by atoms with Gasteiger partial charge in [0.05, 0.1) is 29.3 Å². The van der Waals surface area contributed by atoms with Crippen LogP contribution in [0.5, 0.6) is 0 Å². The SMILES string of the molecule is CC[C@H](CN=NCC1=C[C@H](O)CC1=O)S(=O)(=O)c1ccc(C)cc1. The molecule has 0 saturated heterocycles. The quantitative estimate of drug-likeness (QED) is 0.763. The van der Waals surface area contributed by atoms with Gasteiger partial charge in [-0.3, -0.25) is 4.79 Å². The minimum absolute atomic E-state index is 0.0523. The average Bonchev–Trinajstić information content (AvgIpc) is 2.85. The van der Waals surface area contributed by atoms with Crippen molar-refractivity contribution < 1.29 is 18.3 Å². The minimum atomic E-state index is -3.46. The number of nitrogens with zero attached hydrogens (tertiary/aromatic N) is 2. The topological polar surface area (TPSA) is 96.2 Å². The summed E-state index contributed by atoms with van der Waals surface area (Å²) in [5.41, 5.74) is 1.43. The molecule has 0 bridgehead atoms. The van der Waals surface area contributed by atoms with Crippen LogP contribution in [0.25, 0.3) is 0 Å². The van der Waals surface area contributed by atoms with Crippen LogP contribution in [0.15, 0.2) is 51.0 Å². The summed E-state index contributed by atoms with van der Waals surface area (Å²) in [5, 5.41) is 16.6. The van der Waals surface area contributed by atoms with Crippen molar-refractivity contribution in [2.45, 2.75) is 42.9 Å². The van der Waals surface area contributed by atoms with Gasteiger partial charge in [-0.05, 0) is 31.6 Å². The first-order chi connectivity index (χ1) is 11.3. The maximum Gasteiger partial charge on any atom is 0.183 e. The lowest BCUT2D eigenvalue weighted by atomic mass is 10.2. The Balaban J connectivity index is 2.01. The number of carbonyl (C=O) groups excluding carboxylic acids is 1. The molecule has 2 atom stereocenters. The van der Waals surface area contributed by atoms with Crippen molar-refractivity contribution in [3.63, 3.8) is 0 Å². The van der Waals surface area contributed by atoms with Crippen LogP contribution in [0, 0.1) is 6.92 Å². The molecule has 0 radical (unpaired) electrons. The summed E-state index contributed by atoms with van der Waals surface area (Å²) >= 11 is 0. The van der Waals surface area contributed by atoms with Gasteiger partial charge in [0, 0.05) is 12.0 Å². The molecule has 0 spiro atoms. The normalized spacial score (nSPS) is 19.7. The smallest absolute Gasteiger partial charge is 0.183 e. The largest absolute Gasteiger partial charge is 0.389 e. The second kappa shape index (κ2) is 7.81. The number of aliphatic hydroxyl groups is 1. The van der Waals surface area contributed by atoms with Crippen molar-refractivity contribution in [2.75, 3.05) is 13.1 Å². The van der Waals surface area contributed by atoms with Gasteiger partial charge in [-0.25, -0.2) is 8.42 Å². The van der Waals surface area contributed by atoms with Gasteiger partial charge >= 0.3 is 0 Å². The van der Waals surface area contributed by atoms with Gasteiger partial charge in [0.1, 0.15) is 0 Å². The number of hydrogen-bond acceptors (Lipinski definition) is 6. The van der Waals surface area contributed by atoms with E-state index >= 15 is 0 Å². The second-order valence-corrected chi connectivity index (χ2v) is 8.13. The van der Waals surface area contributed by atoms with Crippen LogP contribution in [0.1, 0.15) is 25.3 Å². The van der Waals surface area contributed by atoms with Crippen LogP contribution < -0.4 is 0 Å². The summed E-state index contributed by atoms with van der Waals surface area (Å²) in [4.78, 5) is 11.8. The van der Waals surface area contributed by atoms with E-state index in [1.807, 2.05) is 6.92 Å². The molecule has 0 saturated carbocycles. The molecule has 24 heavy (non-hydrogen) atoms. The standard InChI is InChI=1S/C17H22N2O4S/c1-3-15(24(22,23)16-6-4-12(2)5-7-16)11-19-18-10-13-8-14(20)9-17(13)21/h4-8,14-15,20H,3,9-11H2,1-2H3/t14-,15+/m0/s1. The van der Waals surface area contributed by atoms with Crippen LogP contribution >= 0.6 is 0 Å². The fraction of sp³-hybridized carbons (Fsp3) is 0.471. The highest BCUT2D eigenvalue weighted by molar-refractivity contribution is 7.92. The Bertz CT molecular complexity index is 751. The van der Waals surface area contributed by atoms with Gasteiger partial charge < -0.3 is 5.11 Å². The first kappa shape index (κ1) is 18.5. The number of sulfone groups is 1. The molecule has 2 rings (SSSR count). The highest BCUT2D eigenvalue weighted by Gasteiger charge is 2.26. The van der Waals surface area contributed by atoms with Gasteiger partial charge in [-0.15, -0.1) is 0 Å². The Labute approximate surface area is 142 Å². The highest BCUT2D eigenvalue weighted by Crippen LogP contribution is 2.20. The maximum absolute atomic E-state index is 12.6. The number of hydrogen-bond donors (Lipinski definition) is 1. The summed E-state index contributed by atoms with van der Waals surface area (Å²) < 4.78 is 25.2. The molecular formula is C17H22N2O4S. The predicted octanol–water partition coefficient (Wildman–Crippen LogP) is 2.26. The molecule has 7 heteroatoms. The van der Waals surface area contributed by atoms with Crippen molar-refractivity contribution in [3.05, 3.63) is 41.5 Å². The molecule has 1 N–H and O–H groups in total. The van der Waals surface area contributed by atoms with Crippen LogP contribution in [0.3, 0.4) is 0 Å². The third kappa shape index (κ3) is 4.36. The minimum Gasteiger partial charge on any atom is -0.389 e. The van der Waals surface area contributed by atoms with E-state index in [0.29, 0.717) is 12.0 Å². The Morgan fingerprint density at radius 3 is 2.46 bits per heavy atom. The Hall–Kier alpha value is -1.86. The Kier molecular flexibility index (Phi) is 6.01. The lowest BCUT2D eigenvalue weighted by Gasteiger charge is -2.13. The molecule has 1 aromatic rings. The third-order valence-electron chi connectivity index (χ3n) is 4.02. The number of aliphatic hydroxyl groups excluding tert-OH is 1. The zero-order valence-corrected chi connectivity index (χ0v) is 14.7. The van der Waals surface area contributed by atoms with Crippen molar-refractivity contribution >= 4 is 15.6 Å². The molecule has 6 nitrogen and oxygen atoms in total. The highest BCUT2D eigenvalue weighted by atomic mass is 32.2. The number of azo groups is 1. The van der Waals surface area contributed by atoms with Gasteiger partial charge in [-0.2, -0.15) is 10.2 Å². The van der Waals surface area contributed by atoms with Crippen molar-refractivity contribution in [1.29, 1.82) is 0 Å². The first-order valence-corrected chi connectivity index (χ1v) is 9.45. The summed E-state index contributed by atoms with van der Waals surface area (Å²) in [6.45, 7) is 3.83. The maximum atomic E-state index is 12.6. The molecule has 0 unspecified atom stereocenters. The van der Waals surface area contributed by atoms with Gasteiger partial charge in [0.25, 0.3) is 0 Å². The molecule has 0 aliphatic heterocycles. The lowest BCUT2D eigenvalue weighted by Crippen LogP contribution is -2.23. The molecule has 1 aromatic carbocycles. The molecule has 130 valence electrons. The van der Waals surface area contributed by atoms with E-state index in [1.54, 1.807) is 31.2 Å². The fourth-order valence-electron chi connectivity index (χ4n) is 2.49. The number of benzene rings is 1. The average molecular weight is 350 g/mol. The number of carbonyl (C=O) groups is 1. The molecule has 0 heterocycles. The molecule has 0 amide bonds. The van der Waals surface area contributed by atoms with Gasteiger partial charge in [0.2, 0.25) is 0 Å². The third-order valence-corrected chi connectivity index (χ3v) is 6.31.